The van der Waals surface area contributed by atoms with Crippen LogP contribution in [-0.4, -0.2) is 35.0 Å². The fourth-order valence-electron chi connectivity index (χ4n) is 3.94. The van der Waals surface area contributed by atoms with Crippen molar-refractivity contribution >= 4 is 0 Å². The van der Waals surface area contributed by atoms with Crippen LogP contribution in [0.25, 0.3) is 11.3 Å². The molecule has 2 heterocycles. The fourth-order valence-corrected chi connectivity index (χ4v) is 3.94. The Kier molecular flexibility index (Phi) is 4.31. The van der Waals surface area contributed by atoms with Crippen molar-refractivity contribution in [1.29, 1.82) is 0 Å². The van der Waals surface area contributed by atoms with Gasteiger partial charge in [0, 0.05) is 42.2 Å². The molecule has 1 saturated carbocycles. The molecule has 4 heteroatoms. The van der Waals surface area contributed by atoms with Gasteiger partial charge < -0.3 is 4.90 Å². The van der Waals surface area contributed by atoms with Gasteiger partial charge in [-0.3, -0.25) is 0 Å². The van der Waals surface area contributed by atoms with E-state index in [0.717, 1.165) is 43.0 Å². The topological polar surface area (TPSA) is 29.0 Å². The second-order valence-corrected chi connectivity index (χ2v) is 7.15. The molecule has 126 valence electrons. The Labute approximate surface area is 142 Å². The number of likely N-dealkylation sites (N-methyl/N-ethyl adjacent to an activating group) is 1. The molecule has 2 aromatic rings. The maximum Gasteiger partial charge on any atom is 0.132 e. The molecule has 0 unspecified atom stereocenters. The van der Waals surface area contributed by atoms with Gasteiger partial charge in [-0.05, 0) is 50.6 Å². The van der Waals surface area contributed by atoms with Gasteiger partial charge in [-0.15, -0.1) is 0 Å². The normalized spacial score (nSPS) is 19.2. The summed E-state index contributed by atoms with van der Waals surface area (Å²) in [5.41, 5.74) is 4.50. The first-order valence-corrected chi connectivity index (χ1v) is 9.05. The van der Waals surface area contributed by atoms with Gasteiger partial charge >= 0.3 is 0 Å². The lowest BCUT2D eigenvalue weighted by molar-refractivity contribution is 0.352. The largest absolute Gasteiger partial charge is 0.306 e. The summed E-state index contributed by atoms with van der Waals surface area (Å²) in [7, 11) is 2.16. The number of aromatic nitrogens is 2. The number of hydrogen-bond donors (Lipinski definition) is 0. The lowest BCUT2D eigenvalue weighted by atomic mass is 9.99. The number of fused-ring (bicyclic) bond motifs is 1. The standard InChI is InChI=1S/C20H24FN3/c1-24-12-10-17-18(11-13-24)22-20(15-4-2-3-5-15)23-19(17)14-6-8-16(21)9-7-14/h6-9,15H,2-5,10-13H2,1H3. The molecule has 0 amide bonds. The molecule has 1 aliphatic carbocycles. The number of hydrogen-bond acceptors (Lipinski definition) is 3. The molecule has 1 aromatic carbocycles. The van der Waals surface area contributed by atoms with Gasteiger partial charge in [0.2, 0.25) is 0 Å². The van der Waals surface area contributed by atoms with Crippen molar-refractivity contribution in [2.45, 2.75) is 44.4 Å². The number of nitrogens with zero attached hydrogens (tertiary/aromatic N) is 3. The predicted molar refractivity (Wildman–Crippen MR) is 93.5 cm³/mol. The number of rotatable bonds is 2. The zero-order valence-corrected chi connectivity index (χ0v) is 14.3. The first kappa shape index (κ1) is 15.7. The van der Waals surface area contributed by atoms with E-state index in [1.807, 2.05) is 12.1 Å². The molecule has 0 radical (unpaired) electrons. The van der Waals surface area contributed by atoms with E-state index in [9.17, 15) is 4.39 Å². The van der Waals surface area contributed by atoms with Crippen LogP contribution in [0.1, 0.15) is 48.7 Å². The second-order valence-electron chi connectivity index (χ2n) is 7.15. The fraction of sp³-hybridized carbons (Fsp3) is 0.500. The van der Waals surface area contributed by atoms with Gasteiger partial charge in [-0.25, -0.2) is 14.4 Å². The molecule has 1 fully saturated rings. The van der Waals surface area contributed by atoms with Crippen LogP contribution in [0.2, 0.25) is 0 Å². The SMILES string of the molecule is CN1CCc2nc(C3CCCC3)nc(-c3ccc(F)cc3)c2CC1. The maximum absolute atomic E-state index is 13.3. The molecular formula is C20H24FN3. The predicted octanol–water partition coefficient (Wildman–Crippen LogP) is 3.97. The third-order valence-corrected chi connectivity index (χ3v) is 5.42. The highest BCUT2D eigenvalue weighted by Gasteiger charge is 2.25. The van der Waals surface area contributed by atoms with E-state index in [1.165, 1.54) is 49.1 Å². The van der Waals surface area contributed by atoms with E-state index in [0.29, 0.717) is 5.92 Å². The maximum atomic E-state index is 13.3. The van der Waals surface area contributed by atoms with Crippen LogP contribution in [0, 0.1) is 5.82 Å². The van der Waals surface area contributed by atoms with Crippen LogP contribution in [0.5, 0.6) is 0 Å². The summed E-state index contributed by atoms with van der Waals surface area (Å²) in [6, 6.07) is 6.76. The summed E-state index contributed by atoms with van der Waals surface area (Å²) < 4.78 is 13.3. The van der Waals surface area contributed by atoms with Gasteiger partial charge in [0.25, 0.3) is 0 Å². The summed E-state index contributed by atoms with van der Waals surface area (Å²) in [5.74, 6) is 1.31. The highest BCUT2D eigenvalue weighted by atomic mass is 19.1. The molecule has 0 N–H and O–H groups in total. The summed E-state index contributed by atoms with van der Waals surface area (Å²) in [4.78, 5) is 12.3. The van der Waals surface area contributed by atoms with Crippen LogP contribution in [0.3, 0.4) is 0 Å². The average molecular weight is 325 g/mol. The van der Waals surface area contributed by atoms with Crippen LogP contribution in [0.15, 0.2) is 24.3 Å². The number of benzene rings is 1. The summed E-state index contributed by atoms with van der Waals surface area (Å²) in [6.45, 7) is 2.06. The monoisotopic (exact) mass is 325 g/mol. The van der Waals surface area contributed by atoms with E-state index in [-0.39, 0.29) is 5.82 Å². The zero-order chi connectivity index (χ0) is 16.5. The Hall–Kier alpha value is -1.81. The molecule has 3 nitrogen and oxygen atoms in total. The summed E-state index contributed by atoms with van der Waals surface area (Å²) >= 11 is 0. The van der Waals surface area contributed by atoms with Gasteiger partial charge in [0.15, 0.2) is 0 Å². The Balaban J connectivity index is 1.82. The average Bonchev–Trinajstić information content (AvgIpc) is 3.06. The van der Waals surface area contributed by atoms with Crippen LogP contribution in [0.4, 0.5) is 4.39 Å². The summed E-state index contributed by atoms with van der Waals surface area (Å²) in [5, 5.41) is 0. The Bertz CT molecular complexity index is 720. The molecule has 2 aliphatic rings. The molecule has 0 spiro atoms. The Morgan fingerprint density at radius 3 is 2.46 bits per heavy atom. The Morgan fingerprint density at radius 1 is 1.00 bits per heavy atom. The minimum atomic E-state index is -0.199. The minimum absolute atomic E-state index is 0.199. The van der Waals surface area contributed by atoms with Crippen molar-refractivity contribution in [1.82, 2.24) is 14.9 Å². The smallest absolute Gasteiger partial charge is 0.132 e. The molecular weight excluding hydrogens is 301 g/mol. The highest BCUT2D eigenvalue weighted by Crippen LogP contribution is 2.35. The van der Waals surface area contributed by atoms with Crippen LogP contribution < -0.4 is 0 Å². The van der Waals surface area contributed by atoms with E-state index < -0.39 is 0 Å². The van der Waals surface area contributed by atoms with E-state index in [4.69, 9.17) is 9.97 Å². The minimum Gasteiger partial charge on any atom is -0.306 e. The quantitative estimate of drug-likeness (QED) is 0.836. The molecule has 0 saturated heterocycles. The third kappa shape index (κ3) is 3.07. The zero-order valence-electron chi connectivity index (χ0n) is 14.3. The lowest BCUT2D eigenvalue weighted by Gasteiger charge is -2.16. The van der Waals surface area contributed by atoms with E-state index in [1.54, 1.807) is 0 Å². The van der Waals surface area contributed by atoms with Crippen molar-refractivity contribution in [2.75, 3.05) is 20.1 Å². The second kappa shape index (κ2) is 6.60. The van der Waals surface area contributed by atoms with Crippen LogP contribution in [-0.2, 0) is 12.8 Å². The van der Waals surface area contributed by atoms with Crippen molar-refractivity contribution in [3.05, 3.63) is 47.2 Å². The van der Waals surface area contributed by atoms with E-state index >= 15 is 0 Å². The van der Waals surface area contributed by atoms with Gasteiger partial charge in [0.1, 0.15) is 11.6 Å². The molecule has 4 rings (SSSR count). The first-order chi connectivity index (χ1) is 11.7. The van der Waals surface area contributed by atoms with Crippen molar-refractivity contribution in [2.24, 2.45) is 0 Å². The van der Waals surface area contributed by atoms with E-state index in [2.05, 4.69) is 11.9 Å². The van der Waals surface area contributed by atoms with Gasteiger partial charge in [0.05, 0.1) is 5.69 Å². The third-order valence-electron chi connectivity index (χ3n) is 5.42. The Morgan fingerprint density at radius 2 is 1.71 bits per heavy atom. The van der Waals surface area contributed by atoms with Crippen molar-refractivity contribution < 1.29 is 4.39 Å². The summed E-state index contributed by atoms with van der Waals surface area (Å²) in [6.07, 6.45) is 6.88. The first-order valence-electron chi connectivity index (χ1n) is 9.05. The molecule has 0 atom stereocenters. The molecule has 1 aromatic heterocycles. The van der Waals surface area contributed by atoms with Gasteiger partial charge in [-0.1, -0.05) is 12.8 Å². The van der Waals surface area contributed by atoms with Crippen LogP contribution >= 0.6 is 0 Å². The van der Waals surface area contributed by atoms with Crippen molar-refractivity contribution in [3.8, 4) is 11.3 Å². The molecule has 0 bridgehead atoms. The van der Waals surface area contributed by atoms with Gasteiger partial charge in [-0.2, -0.15) is 0 Å². The molecule has 24 heavy (non-hydrogen) atoms. The molecule has 1 aliphatic heterocycles. The highest BCUT2D eigenvalue weighted by molar-refractivity contribution is 5.64. The lowest BCUT2D eigenvalue weighted by Crippen LogP contribution is -2.20. The number of halogens is 1. The van der Waals surface area contributed by atoms with Crippen molar-refractivity contribution in [3.63, 3.8) is 0 Å².